The maximum Gasteiger partial charge on any atom is 0.208 e. The van der Waals surface area contributed by atoms with Crippen LogP contribution in [0.4, 0.5) is 11.6 Å². The standard InChI is InChI=1S/C21H23N3O2/c25-14-20(26)16-9-11-17(12-10-16)22-21-23-18-7-3-4-8-19(18)24(21)13-15-5-1-2-6-15/h3-4,7-12,15,25H,1-2,5-6,13-14H2,(H,22,23). The molecule has 4 rings (SSSR count). The summed E-state index contributed by atoms with van der Waals surface area (Å²) in [6, 6.07) is 15.4. The SMILES string of the molecule is O=C(CO)c1ccc(Nc2nc3ccccc3n2CC2CCCC2)cc1. The second kappa shape index (κ2) is 7.30. The second-order valence-corrected chi connectivity index (χ2v) is 6.97. The summed E-state index contributed by atoms with van der Waals surface area (Å²) < 4.78 is 2.28. The predicted octanol–water partition coefficient (Wildman–Crippen LogP) is 4.15. The van der Waals surface area contributed by atoms with Crippen molar-refractivity contribution in [2.24, 2.45) is 5.92 Å². The number of aliphatic hydroxyl groups excluding tert-OH is 1. The van der Waals surface area contributed by atoms with Gasteiger partial charge in [0.25, 0.3) is 0 Å². The van der Waals surface area contributed by atoms with E-state index >= 15 is 0 Å². The fraction of sp³-hybridized carbons (Fsp3) is 0.333. The van der Waals surface area contributed by atoms with Gasteiger partial charge in [-0.25, -0.2) is 4.98 Å². The zero-order chi connectivity index (χ0) is 17.9. The lowest BCUT2D eigenvalue weighted by atomic mass is 10.1. The third-order valence-electron chi connectivity index (χ3n) is 5.18. The van der Waals surface area contributed by atoms with Crippen LogP contribution in [-0.4, -0.2) is 27.0 Å². The third kappa shape index (κ3) is 3.35. The van der Waals surface area contributed by atoms with Crippen molar-refractivity contribution in [3.8, 4) is 0 Å². The van der Waals surface area contributed by atoms with Crippen LogP contribution in [-0.2, 0) is 6.54 Å². The molecular weight excluding hydrogens is 326 g/mol. The Bertz CT molecular complexity index is 909. The van der Waals surface area contributed by atoms with Gasteiger partial charge in [-0.15, -0.1) is 0 Å². The minimum atomic E-state index is -0.468. The molecule has 1 aliphatic rings. The molecule has 3 aromatic rings. The van der Waals surface area contributed by atoms with Crippen LogP contribution in [0.5, 0.6) is 0 Å². The highest BCUT2D eigenvalue weighted by Gasteiger charge is 2.19. The molecule has 1 heterocycles. The number of hydrogen-bond donors (Lipinski definition) is 2. The third-order valence-corrected chi connectivity index (χ3v) is 5.18. The molecule has 0 amide bonds. The number of aliphatic hydroxyl groups is 1. The molecule has 0 saturated heterocycles. The maximum absolute atomic E-state index is 11.6. The number of ketones is 1. The summed E-state index contributed by atoms with van der Waals surface area (Å²) in [6.45, 7) is 0.508. The van der Waals surface area contributed by atoms with Gasteiger partial charge in [-0.1, -0.05) is 25.0 Å². The number of rotatable bonds is 6. The van der Waals surface area contributed by atoms with Crippen LogP contribution in [0.1, 0.15) is 36.0 Å². The monoisotopic (exact) mass is 349 g/mol. The van der Waals surface area contributed by atoms with Gasteiger partial charge in [-0.3, -0.25) is 4.79 Å². The molecule has 0 unspecified atom stereocenters. The van der Waals surface area contributed by atoms with E-state index in [1.54, 1.807) is 12.1 Å². The maximum atomic E-state index is 11.6. The van der Waals surface area contributed by atoms with Crippen molar-refractivity contribution in [3.63, 3.8) is 0 Å². The van der Waals surface area contributed by atoms with Gasteiger partial charge in [0.05, 0.1) is 11.0 Å². The van der Waals surface area contributed by atoms with Gasteiger partial charge in [-0.05, 0) is 55.2 Å². The number of aromatic nitrogens is 2. The number of Topliss-reactive ketones (excluding diaryl/α,β-unsaturated/α-hetero) is 1. The van der Waals surface area contributed by atoms with Crippen LogP contribution < -0.4 is 5.32 Å². The quantitative estimate of drug-likeness (QED) is 0.656. The Morgan fingerprint density at radius 1 is 1.12 bits per heavy atom. The van der Waals surface area contributed by atoms with Gasteiger partial charge in [0.1, 0.15) is 6.61 Å². The fourth-order valence-corrected chi connectivity index (χ4v) is 3.77. The summed E-state index contributed by atoms with van der Waals surface area (Å²) in [5.41, 5.74) is 3.52. The van der Waals surface area contributed by atoms with E-state index in [1.807, 2.05) is 30.3 Å². The van der Waals surface area contributed by atoms with Crippen LogP contribution in [0.2, 0.25) is 0 Å². The Balaban J connectivity index is 1.63. The lowest BCUT2D eigenvalue weighted by molar-refractivity contribution is 0.0904. The average molecular weight is 349 g/mol. The van der Waals surface area contributed by atoms with Crippen molar-refractivity contribution < 1.29 is 9.90 Å². The van der Waals surface area contributed by atoms with E-state index in [9.17, 15) is 4.79 Å². The molecule has 134 valence electrons. The first-order chi connectivity index (χ1) is 12.7. The number of benzene rings is 2. The number of hydrogen-bond acceptors (Lipinski definition) is 4. The van der Waals surface area contributed by atoms with Gasteiger partial charge in [-0.2, -0.15) is 0 Å². The average Bonchev–Trinajstić information content (AvgIpc) is 3.31. The minimum absolute atomic E-state index is 0.273. The Labute approximate surface area is 152 Å². The smallest absolute Gasteiger partial charge is 0.208 e. The lowest BCUT2D eigenvalue weighted by Crippen LogP contribution is -2.10. The van der Waals surface area contributed by atoms with Gasteiger partial charge in [0, 0.05) is 17.8 Å². The topological polar surface area (TPSA) is 67.2 Å². The van der Waals surface area contributed by atoms with Crippen molar-refractivity contribution in [3.05, 3.63) is 54.1 Å². The molecule has 2 N–H and O–H groups in total. The van der Waals surface area contributed by atoms with Crippen LogP contribution in [0.25, 0.3) is 11.0 Å². The molecule has 1 fully saturated rings. The van der Waals surface area contributed by atoms with Gasteiger partial charge in [0.15, 0.2) is 5.78 Å². The highest BCUT2D eigenvalue weighted by Crippen LogP contribution is 2.30. The summed E-state index contributed by atoms with van der Waals surface area (Å²) in [6.07, 6.45) is 5.20. The first-order valence-corrected chi connectivity index (χ1v) is 9.21. The van der Waals surface area contributed by atoms with Gasteiger partial charge >= 0.3 is 0 Å². The van der Waals surface area contributed by atoms with Crippen LogP contribution >= 0.6 is 0 Å². The fourth-order valence-electron chi connectivity index (χ4n) is 3.77. The molecule has 0 radical (unpaired) electrons. The summed E-state index contributed by atoms with van der Waals surface area (Å²) in [5, 5.41) is 12.4. The van der Waals surface area contributed by atoms with Gasteiger partial charge in [0.2, 0.25) is 5.95 Å². The van der Waals surface area contributed by atoms with E-state index in [0.717, 1.165) is 29.2 Å². The van der Waals surface area contributed by atoms with Crippen LogP contribution in [0.15, 0.2) is 48.5 Å². The molecular formula is C21H23N3O2. The van der Waals surface area contributed by atoms with E-state index in [-0.39, 0.29) is 5.78 Å². The van der Waals surface area contributed by atoms with E-state index in [2.05, 4.69) is 16.0 Å². The summed E-state index contributed by atoms with van der Waals surface area (Å²) >= 11 is 0. The number of anilines is 2. The number of nitrogens with zero attached hydrogens (tertiary/aromatic N) is 2. The Hall–Kier alpha value is -2.66. The zero-order valence-corrected chi connectivity index (χ0v) is 14.7. The van der Waals surface area contributed by atoms with Crippen molar-refractivity contribution in [2.75, 3.05) is 11.9 Å². The van der Waals surface area contributed by atoms with Gasteiger partial charge < -0.3 is 15.0 Å². The molecule has 1 aliphatic carbocycles. The van der Waals surface area contributed by atoms with E-state index in [4.69, 9.17) is 10.1 Å². The first-order valence-electron chi connectivity index (χ1n) is 9.21. The van der Waals surface area contributed by atoms with Crippen molar-refractivity contribution in [2.45, 2.75) is 32.2 Å². The van der Waals surface area contributed by atoms with Crippen molar-refractivity contribution in [1.29, 1.82) is 0 Å². The Morgan fingerprint density at radius 2 is 1.85 bits per heavy atom. The van der Waals surface area contributed by atoms with E-state index in [1.165, 1.54) is 25.7 Å². The number of imidazole rings is 1. The van der Waals surface area contributed by atoms with E-state index < -0.39 is 6.61 Å². The number of para-hydroxylation sites is 2. The van der Waals surface area contributed by atoms with Crippen molar-refractivity contribution in [1.82, 2.24) is 9.55 Å². The molecule has 0 atom stereocenters. The molecule has 0 spiro atoms. The zero-order valence-electron chi connectivity index (χ0n) is 14.7. The normalized spacial score (nSPS) is 14.8. The summed E-state index contributed by atoms with van der Waals surface area (Å²) in [7, 11) is 0. The molecule has 1 aromatic heterocycles. The molecule has 1 saturated carbocycles. The first kappa shape index (κ1) is 16.8. The Morgan fingerprint density at radius 3 is 2.58 bits per heavy atom. The summed E-state index contributed by atoms with van der Waals surface area (Å²) in [4.78, 5) is 16.3. The highest BCUT2D eigenvalue weighted by molar-refractivity contribution is 5.97. The highest BCUT2D eigenvalue weighted by atomic mass is 16.3. The number of nitrogens with one attached hydrogen (secondary N) is 1. The molecule has 5 heteroatoms. The lowest BCUT2D eigenvalue weighted by Gasteiger charge is -2.15. The largest absolute Gasteiger partial charge is 0.388 e. The molecule has 26 heavy (non-hydrogen) atoms. The Kier molecular flexibility index (Phi) is 4.71. The van der Waals surface area contributed by atoms with Crippen LogP contribution in [0, 0.1) is 5.92 Å². The number of carbonyl (C=O) groups is 1. The predicted molar refractivity (Wildman–Crippen MR) is 103 cm³/mol. The molecule has 0 bridgehead atoms. The molecule has 2 aromatic carbocycles. The minimum Gasteiger partial charge on any atom is -0.388 e. The van der Waals surface area contributed by atoms with E-state index in [0.29, 0.717) is 11.5 Å². The van der Waals surface area contributed by atoms with Crippen molar-refractivity contribution >= 4 is 28.5 Å². The van der Waals surface area contributed by atoms with Crippen LogP contribution in [0.3, 0.4) is 0 Å². The molecule has 5 nitrogen and oxygen atoms in total. The number of fused-ring (bicyclic) bond motifs is 1. The number of carbonyl (C=O) groups excluding carboxylic acids is 1. The second-order valence-electron chi connectivity index (χ2n) is 6.97. The molecule has 0 aliphatic heterocycles. The summed E-state index contributed by atoms with van der Waals surface area (Å²) in [5.74, 6) is 1.27.